The quantitative estimate of drug-likeness (QED) is 0.815. The molecule has 0 aliphatic rings. The minimum absolute atomic E-state index is 0.000373. The van der Waals surface area contributed by atoms with E-state index in [0.717, 1.165) is 0 Å². The summed E-state index contributed by atoms with van der Waals surface area (Å²) >= 11 is 5.70. The zero-order chi connectivity index (χ0) is 11.7. The number of carboxylic acids is 1. The van der Waals surface area contributed by atoms with Crippen LogP contribution in [0.25, 0.3) is 5.65 Å². The number of halogens is 1. The molecule has 0 saturated heterocycles. The Bertz CT molecular complexity index is 539. The van der Waals surface area contributed by atoms with Gasteiger partial charge in [0.15, 0.2) is 5.65 Å². The van der Waals surface area contributed by atoms with Crippen molar-refractivity contribution in [3.8, 4) is 0 Å². The van der Waals surface area contributed by atoms with Gasteiger partial charge in [0.2, 0.25) is 0 Å². The standard InChI is InChI=1S/C9H9ClN4O2/c10-7-4-14-3-6(5(1-11)9(15)16)13-8(14)2-12-7/h2-5H,1,11H2,(H,15,16). The first-order chi connectivity index (χ1) is 7.61. The van der Waals surface area contributed by atoms with Gasteiger partial charge in [-0.1, -0.05) is 11.6 Å². The molecule has 1 unspecified atom stereocenters. The van der Waals surface area contributed by atoms with Crippen molar-refractivity contribution in [1.82, 2.24) is 14.4 Å². The normalized spacial score (nSPS) is 12.9. The molecule has 0 saturated carbocycles. The van der Waals surface area contributed by atoms with E-state index in [1.165, 1.54) is 6.20 Å². The van der Waals surface area contributed by atoms with E-state index in [2.05, 4.69) is 9.97 Å². The number of hydrogen-bond donors (Lipinski definition) is 2. The molecule has 2 rings (SSSR count). The van der Waals surface area contributed by atoms with Crippen LogP contribution in [-0.2, 0) is 4.79 Å². The number of fused-ring (bicyclic) bond motifs is 1. The number of aromatic nitrogens is 3. The van der Waals surface area contributed by atoms with Gasteiger partial charge in [0.05, 0.1) is 11.9 Å². The van der Waals surface area contributed by atoms with Crippen LogP contribution in [0.4, 0.5) is 0 Å². The molecule has 3 N–H and O–H groups in total. The van der Waals surface area contributed by atoms with Gasteiger partial charge in [-0.25, -0.2) is 9.97 Å². The molecule has 7 heteroatoms. The highest BCUT2D eigenvalue weighted by molar-refractivity contribution is 6.29. The largest absolute Gasteiger partial charge is 0.481 e. The number of nitrogens with two attached hydrogens (primary N) is 1. The van der Waals surface area contributed by atoms with Crippen molar-refractivity contribution in [1.29, 1.82) is 0 Å². The molecule has 2 aromatic rings. The van der Waals surface area contributed by atoms with Crippen molar-refractivity contribution in [3.63, 3.8) is 0 Å². The molecule has 0 fully saturated rings. The molecule has 0 amide bonds. The molecular weight excluding hydrogens is 232 g/mol. The van der Waals surface area contributed by atoms with Gasteiger partial charge < -0.3 is 15.2 Å². The van der Waals surface area contributed by atoms with Crippen LogP contribution in [0.2, 0.25) is 5.15 Å². The Morgan fingerprint density at radius 1 is 1.62 bits per heavy atom. The van der Waals surface area contributed by atoms with Crippen LogP contribution in [0, 0.1) is 0 Å². The number of carbonyl (C=O) groups is 1. The van der Waals surface area contributed by atoms with E-state index in [-0.39, 0.29) is 6.54 Å². The molecule has 1 atom stereocenters. The van der Waals surface area contributed by atoms with Crippen molar-refractivity contribution in [2.75, 3.05) is 6.54 Å². The van der Waals surface area contributed by atoms with E-state index in [9.17, 15) is 4.79 Å². The summed E-state index contributed by atoms with van der Waals surface area (Å²) in [5.74, 6) is -1.80. The molecule has 0 bridgehead atoms. The highest BCUT2D eigenvalue weighted by Crippen LogP contribution is 2.16. The predicted octanol–water partition coefficient (Wildman–Crippen LogP) is 0.510. The predicted molar refractivity (Wildman–Crippen MR) is 57.4 cm³/mol. The van der Waals surface area contributed by atoms with Crippen LogP contribution in [0.5, 0.6) is 0 Å². The van der Waals surface area contributed by atoms with E-state index in [1.807, 2.05) is 0 Å². The third kappa shape index (κ3) is 1.84. The number of carboxylic acid groups (broad SMARTS) is 1. The van der Waals surface area contributed by atoms with E-state index in [0.29, 0.717) is 16.5 Å². The van der Waals surface area contributed by atoms with Crippen molar-refractivity contribution >= 4 is 23.2 Å². The van der Waals surface area contributed by atoms with Crippen molar-refractivity contribution in [3.05, 3.63) is 29.4 Å². The summed E-state index contributed by atoms with van der Waals surface area (Å²) in [6.07, 6.45) is 4.62. The molecule has 0 spiro atoms. The smallest absolute Gasteiger partial charge is 0.313 e. The number of rotatable bonds is 3. The van der Waals surface area contributed by atoms with Gasteiger partial charge in [0.25, 0.3) is 0 Å². The summed E-state index contributed by atoms with van der Waals surface area (Å²) < 4.78 is 1.62. The summed E-state index contributed by atoms with van der Waals surface area (Å²) in [5.41, 5.74) is 6.33. The van der Waals surface area contributed by atoms with Gasteiger partial charge in [0.1, 0.15) is 11.1 Å². The van der Waals surface area contributed by atoms with Gasteiger partial charge >= 0.3 is 5.97 Å². The number of imidazole rings is 1. The summed E-state index contributed by atoms with van der Waals surface area (Å²) in [7, 11) is 0. The SMILES string of the molecule is NCC(C(=O)O)c1cn2cc(Cl)ncc2n1. The lowest BCUT2D eigenvalue weighted by molar-refractivity contribution is -0.138. The second kappa shape index (κ2) is 4.07. The maximum Gasteiger partial charge on any atom is 0.313 e. The molecule has 0 aliphatic carbocycles. The molecular formula is C9H9ClN4O2. The second-order valence-electron chi connectivity index (χ2n) is 3.27. The van der Waals surface area contributed by atoms with Crippen LogP contribution in [0.3, 0.4) is 0 Å². The maximum atomic E-state index is 10.9. The topological polar surface area (TPSA) is 93.5 Å². The minimum Gasteiger partial charge on any atom is -0.481 e. The Morgan fingerprint density at radius 2 is 2.38 bits per heavy atom. The maximum absolute atomic E-state index is 10.9. The fourth-order valence-electron chi connectivity index (χ4n) is 1.41. The Hall–Kier alpha value is -1.66. The van der Waals surface area contributed by atoms with E-state index in [4.69, 9.17) is 22.4 Å². The first-order valence-corrected chi connectivity index (χ1v) is 4.92. The molecule has 0 aliphatic heterocycles. The molecule has 0 radical (unpaired) electrons. The Balaban J connectivity index is 2.49. The van der Waals surface area contributed by atoms with Gasteiger partial charge in [-0.2, -0.15) is 0 Å². The average Bonchev–Trinajstić information content (AvgIpc) is 2.60. The third-order valence-corrected chi connectivity index (χ3v) is 2.41. The average molecular weight is 241 g/mol. The lowest BCUT2D eigenvalue weighted by Gasteiger charge is -2.04. The Morgan fingerprint density at radius 3 is 3.00 bits per heavy atom. The van der Waals surface area contributed by atoms with Crippen LogP contribution >= 0.6 is 11.6 Å². The summed E-state index contributed by atoms with van der Waals surface area (Å²) in [4.78, 5) is 18.9. The third-order valence-electron chi connectivity index (χ3n) is 2.22. The second-order valence-corrected chi connectivity index (χ2v) is 3.66. The summed E-state index contributed by atoms with van der Waals surface area (Å²) in [6.45, 7) is 0.000373. The van der Waals surface area contributed by atoms with Gasteiger partial charge in [-0.15, -0.1) is 0 Å². The first-order valence-electron chi connectivity index (χ1n) is 4.55. The van der Waals surface area contributed by atoms with E-state index >= 15 is 0 Å². The number of hydrogen-bond acceptors (Lipinski definition) is 4. The van der Waals surface area contributed by atoms with Crippen molar-refractivity contribution in [2.45, 2.75) is 5.92 Å². The number of aliphatic carboxylic acids is 1. The van der Waals surface area contributed by atoms with Crippen LogP contribution in [-0.4, -0.2) is 32.0 Å². The molecule has 84 valence electrons. The lowest BCUT2D eigenvalue weighted by Crippen LogP contribution is -2.21. The zero-order valence-corrected chi connectivity index (χ0v) is 8.92. The van der Waals surface area contributed by atoms with Crippen molar-refractivity contribution in [2.24, 2.45) is 5.73 Å². The fourth-order valence-corrected chi connectivity index (χ4v) is 1.56. The molecule has 2 heterocycles. The molecule has 6 nitrogen and oxygen atoms in total. The zero-order valence-electron chi connectivity index (χ0n) is 8.17. The summed E-state index contributed by atoms with van der Waals surface area (Å²) in [6, 6.07) is 0. The highest BCUT2D eigenvalue weighted by Gasteiger charge is 2.21. The van der Waals surface area contributed by atoms with Gasteiger partial charge in [0, 0.05) is 18.9 Å². The minimum atomic E-state index is -0.995. The Labute approximate surface area is 95.7 Å². The monoisotopic (exact) mass is 240 g/mol. The van der Waals surface area contributed by atoms with Crippen LogP contribution < -0.4 is 5.73 Å². The summed E-state index contributed by atoms with van der Waals surface area (Å²) in [5, 5.41) is 9.25. The van der Waals surface area contributed by atoms with Gasteiger partial charge in [-0.05, 0) is 0 Å². The molecule has 2 aromatic heterocycles. The van der Waals surface area contributed by atoms with Crippen LogP contribution in [0.15, 0.2) is 18.6 Å². The number of nitrogens with zero attached hydrogens (tertiary/aromatic N) is 3. The Kier molecular flexibility index (Phi) is 2.76. The fraction of sp³-hybridized carbons (Fsp3) is 0.222. The van der Waals surface area contributed by atoms with Gasteiger partial charge in [-0.3, -0.25) is 4.79 Å². The van der Waals surface area contributed by atoms with E-state index < -0.39 is 11.9 Å². The lowest BCUT2D eigenvalue weighted by atomic mass is 10.1. The van der Waals surface area contributed by atoms with Crippen molar-refractivity contribution < 1.29 is 9.90 Å². The van der Waals surface area contributed by atoms with E-state index in [1.54, 1.807) is 16.8 Å². The highest BCUT2D eigenvalue weighted by atomic mass is 35.5. The van der Waals surface area contributed by atoms with Crippen LogP contribution in [0.1, 0.15) is 11.6 Å². The first kappa shape index (κ1) is 10.8. The molecule has 0 aromatic carbocycles. The molecule has 16 heavy (non-hydrogen) atoms.